The summed E-state index contributed by atoms with van der Waals surface area (Å²) in [4.78, 5) is 13.7. The standard InChI is InChI=1S/C18H18FN3O3S2/c1-20-16-7-6-13(12-17(16)26-18(20)23)27(24,25)22-10-8-21(9-11-22)15-5-3-2-4-14(15)19/h2-7,12H,8-11H2,1H3. The van der Waals surface area contributed by atoms with Gasteiger partial charge in [-0.25, -0.2) is 12.8 Å². The zero-order chi connectivity index (χ0) is 19.2. The quantitative estimate of drug-likeness (QED) is 0.668. The van der Waals surface area contributed by atoms with Crippen LogP contribution in [-0.2, 0) is 17.1 Å². The van der Waals surface area contributed by atoms with Crippen LogP contribution in [0.2, 0.25) is 0 Å². The van der Waals surface area contributed by atoms with E-state index in [1.165, 1.54) is 21.0 Å². The molecule has 1 aromatic heterocycles. The van der Waals surface area contributed by atoms with Gasteiger partial charge in [0.1, 0.15) is 5.82 Å². The molecule has 0 N–H and O–H groups in total. The Balaban J connectivity index is 1.57. The second-order valence-corrected chi connectivity index (χ2v) is 9.33. The van der Waals surface area contributed by atoms with Crippen molar-refractivity contribution in [1.82, 2.24) is 8.87 Å². The van der Waals surface area contributed by atoms with Gasteiger partial charge < -0.3 is 9.47 Å². The summed E-state index contributed by atoms with van der Waals surface area (Å²) in [7, 11) is -2.00. The van der Waals surface area contributed by atoms with Crippen molar-refractivity contribution in [3.05, 3.63) is 57.9 Å². The first-order valence-corrected chi connectivity index (χ1v) is 10.7. The van der Waals surface area contributed by atoms with Gasteiger partial charge in [-0.15, -0.1) is 0 Å². The van der Waals surface area contributed by atoms with Crippen LogP contribution < -0.4 is 9.77 Å². The summed E-state index contributed by atoms with van der Waals surface area (Å²) >= 11 is 1.03. The molecule has 0 aliphatic carbocycles. The van der Waals surface area contributed by atoms with Crippen LogP contribution >= 0.6 is 11.3 Å². The third-order valence-electron chi connectivity index (χ3n) is 4.83. The summed E-state index contributed by atoms with van der Waals surface area (Å²) in [6.07, 6.45) is 0. The van der Waals surface area contributed by atoms with Gasteiger partial charge in [-0.3, -0.25) is 4.79 Å². The average Bonchev–Trinajstić information content (AvgIpc) is 2.96. The van der Waals surface area contributed by atoms with Gasteiger partial charge >= 0.3 is 4.87 Å². The molecular weight excluding hydrogens is 389 g/mol. The molecule has 0 spiro atoms. The third kappa shape index (κ3) is 3.15. The van der Waals surface area contributed by atoms with Crippen LogP contribution in [0.4, 0.5) is 10.1 Å². The van der Waals surface area contributed by atoms with E-state index in [0.717, 1.165) is 11.3 Å². The summed E-state index contributed by atoms with van der Waals surface area (Å²) in [5.74, 6) is -0.307. The van der Waals surface area contributed by atoms with Gasteiger partial charge in [-0.1, -0.05) is 23.5 Å². The number of nitrogens with zero attached hydrogens (tertiary/aromatic N) is 3. The molecule has 3 aromatic rings. The fourth-order valence-electron chi connectivity index (χ4n) is 3.30. The minimum absolute atomic E-state index is 0.127. The summed E-state index contributed by atoms with van der Waals surface area (Å²) in [6, 6.07) is 11.3. The second-order valence-electron chi connectivity index (χ2n) is 6.40. The number of thiazole rings is 1. The van der Waals surface area contributed by atoms with Gasteiger partial charge in [0.05, 0.1) is 20.8 Å². The lowest BCUT2D eigenvalue weighted by atomic mass is 10.2. The van der Waals surface area contributed by atoms with E-state index in [1.54, 1.807) is 37.4 Å². The molecule has 0 radical (unpaired) electrons. The van der Waals surface area contributed by atoms with Crippen LogP contribution in [0.15, 0.2) is 52.2 Å². The van der Waals surface area contributed by atoms with Gasteiger partial charge in [-0.2, -0.15) is 4.31 Å². The summed E-state index contributed by atoms with van der Waals surface area (Å²) in [5.41, 5.74) is 1.21. The topological polar surface area (TPSA) is 62.6 Å². The molecule has 1 aliphatic rings. The van der Waals surface area contributed by atoms with Gasteiger partial charge in [0.2, 0.25) is 10.0 Å². The largest absolute Gasteiger partial charge is 0.367 e. The second kappa shape index (κ2) is 6.74. The van der Waals surface area contributed by atoms with Gasteiger partial charge in [0.15, 0.2) is 0 Å². The lowest BCUT2D eigenvalue weighted by Gasteiger charge is -2.35. The molecule has 0 amide bonds. The van der Waals surface area contributed by atoms with Crippen molar-refractivity contribution in [2.45, 2.75) is 4.90 Å². The number of halogens is 1. The fraction of sp³-hybridized carbons (Fsp3) is 0.278. The SMILES string of the molecule is Cn1c(=O)sc2cc(S(=O)(=O)N3CCN(c4ccccc4F)CC3)ccc21. The summed E-state index contributed by atoms with van der Waals surface area (Å²) in [5, 5.41) is 0. The smallest absolute Gasteiger partial charge is 0.307 e. The minimum Gasteiger partial charge on any atom is -0.367 e. The Morgan fingerprint density at radius 1 is 1.04 bits per heavy atom. The van der Waals surface area contributed by atoms with E-state index in [2.05, 4.69) is 0 Å². The van der Waals surface area contributed by atoms with Crippen LogP contribution in [0.5, 0.6) is 0 Å². The zero-order valence-electron chi connectivity index (χ0n) is 14.6. The highest BCUT2D eigenvalue weighted by Gasteiger charge is 2.29. The lowest BCUT2D eigenvalue weighted by Crippen LogP contribution is -2.48. The first-order chi connectivity index (χ1) is 12.9. The van der Waals surface area contributed by atoms with E-state index >= 15 is 0 Å². The Kier molecular flexibility index (Phi) is 4.53. The maximum absolute atomic E-state index is 14.0. The van der Waals surface area contributed by atoms with Crippen LogP contribution in [-0.4, -0.2) is 43.5 Å². The number of rotatable bonds is 3. The number of para-hydroxylation sites is 1. The Labute approximate surface area is 160 Å². The van der Waals surface area contributed by atoms with Crippen molar-refractivity contribution >= 4 is 37.3 Å². The molecule has 2 heterocycles. The molecule has 6 nitrogen and oxygen atoms in total. The molecular formula is C18H18FN3O3S2. The summed E-state index contributed by atoms with van der Waals surface area (Å²) in [6.45, 7) is 1.39. The number of hydrogen-bond donors (Lipinski definition) is 0. The third-order valence-corrected chi connectivity index (χ3v) is 7.72. The molecule has 1 saturated heterocycles. The highest BCUT2D eigenvalue weighted by molar-refractivity contribution is 7.89. The highest BCUT2D eigenvalue weighted by atomic mass is 32.2. The number of fused-ring (bicyclic) bond motifs is 1. The van der Waals surface area contributed by atoms with Crippen LogP contribution in [0.25, 0.3) is 10.2 Å². The molecule has 0 saturated carbocycles. The number of sulfonamides is 1. The Morgan fingerprint density at radius 2 is 1.74 bits per heavy atom. The Bertz CT molecular complexity index is 1160. The average molecular weight is 407 g/mol. The van der Waals surface area contributed by atoms with Crippen molar-refractivity contribution in [3.8, 4) is 0 Å². The van der Waals surface area contributed by atoms with Crippen molar-refractivity contribution in [1.29, 1.82) is 0 Å². The number of hydrogen-bond acceptors (Lipinski definition) is 5. The first-order valence-electron chi connectivity index (χ1n) is 8.47. The molecule has 1 aliphatic heterocycles. The fourth-order valence-corrected chi connectivity index (χ4v) is 5.74. The number of aromatic nitrogens is 1. The number of aryl methyl sites for hydroxylation is 1. The molecule has 0 bridgehead atoms. The molecule has 9 heteroatoms. The van der Waals surface area contributed by atoms with Crippen LogP contribution in [0.3, 0.4) is 0 Å². The molecule has 0 unspecified atom stereocenters. The monoisotopic (exact) mass is 407 g/mol. The minimum atomic E-state index is -3.66. The van der Waals surface area contributed by atoms with E-state index in [-0.39, 0.29) is 28.7 Å². The Morgan fingerprint density at radius 3 is 2.44 bits per heavy atom. The molecule has 4 rings (SSSR count). The van der Waals surface area contributed by atoms with E-state index < -0.39 is 10.0 Å². The van der Waals surface area contributed by atoms with Gasteiger partial charge in [0, 0.05) is 33.2 Å². The molecule has 1 fully saturated rings. The van der Waals surface area contributed by atoms with Crippen molar-refractivity contribution < 1.29 is 12.8 Å². The maximum Gasteiger partial charge on any atom is 0.307 e. The number of anilines is 1. The molecule has 2 aromatic carbocycles. The Hall–Kier alpha value is -2.23. The van der Waals surface area contributed by atoms with Gasteiger partial charge in [-0.05, 0) is 30.3 Å². The zero-order valence-corrected chi connectivity index (χ0v) is 16.3. The molecule has 142 valence electrons. The van der Waals surface area contributed by atoms with E-state index in [1.807, 2.05) is 4.90 Å². The van der Waals surface area contributed by atoms with Crippen molar-refractivity contribution in [2.75, 3.05) is 31.1 Å². The van der Waals surface area contributed by atoms with Crippen molar-refractivity contribution in [2.24, 2.45) is 7.05 Å². The summed E-state index contributed by atoms with van der Waals surface area (Å²) < 4.78 is 43.5. The predicted octanol–water partition coefficient (Wildman–Crippen LogP) is 2.25. The van der Waals surface area contributed by atoms with Crippen molar-refractivity contribution in [3.63, 3.8) is 0 Å². The normalized spacial score (nSPS) is 16.1. The predicted molar refractivity (Wildman–Crippen MR) is 104 cm³/mol. The molecule has 0 atom stereocenters. The first kappa shape index (κ1) is 18.1. The van der Waals surface area contributed by atoms with Crippen LogP contribution in [0.1, 0.15) is 0 Å². The van der Waals surface area contributed by atoms with E-state index in [9.17, 15) is 17.6 Å². The van der Waals surface area contributed by atoms with E-state index in [0.29, 0.717) is 29.0 Å². The van der Waals surface area contributed by atoms with E-state index in [4.69, 9.17) is 0 Å². The number of piperazine rings is 1. The number of benzene rings is 2. The van der Waals surface area contributed by atoms with Gasteiger partial charge in [0.25, 0.3) is 0 Å². The lowest BCUT2D eigenvalue weighted by molar-refractivity contribution is 0.383. The van der Waals surface area contributed by atoms with Crippen LogP contribution in [0, 0.1) is 5.82 Å². The highest BCUT2D eigenvalue weighted by Crippen LogP contribution is 2.26. The molecule has 27 heavy (non-hydrogen) atoms. The maximum atomic E-state index is 14.0.